The van der Waals surface area contributed by atoms with Crippen molar-refractivity contribution in [3.63, 3.8) is 0 Å². The van der Waals surface area contributed by atoms with Crippen LogP contribution in [0.1, 0.15) is 31.9 Å². The van der Waals surface area contributed by atoms with Gasteiger partial charge in [0.05, 0.1) is 6.61 Å². The van der Waals surface area contributed by atoms with Crippen molar-refractivity contribution in [2.75, 3.05) is 19.8 Å². The van der Waals surface area contributed by atoms with Crippen molar-refractivity contribution >= 4 is 0 Å². The maximum absolute atomic E-state index is 13.2. The number of hydrogen-bond donors (Lipinski definition) is 2. The Morgan fingerprint density at radius 1 is 1.47 bits per heavy atom. The van der Waals surface area contributed by atoms with Gasteiger partial charge in [-0.25, -0.2) is 4.39 Å². The number of aliphatic hydroxyl groups is 1. The molecule has 1 aromatic carbocycles. The zero-order valence-corrected chi connectivity index (χ0v) is 10.4. The van der Waals surface area contributed by atoms with E-state index in [1.165, 1.54) is 12.1 Å². The Labute approximate surface area is 102 Å². The lowest BCUT2D eigenvalue weighted by atomic mass is 10.1. The average Bonchev–Trinajstić information content (AvgIpc) is 2.30. The molecule has 96 valence electrons. The molecule has 0 bridgehead atoms. The average molecular weight is 241 g/mol. The van der Waals surface area contributed by atoms with Gasteiger partial charge in [-0.3, -0.25) is 0 Å². The van der Waals surface area contributed by atoms with E-state index < -0.39 is 0 Å². The molecule has 0 saturated carbocycles. The monoisotopic (exact) mass is 241 g/mol. The molecule has 1 rings (SSSR count). The SMILES string of the molecule is CCNC(C)c1ccc(F)cc1OCCCO. The van der Waals surface area contributed by atoms with Gasteiger partial charge in [0.1, 0.15) is 11.6 Å². The summed E-state index contributed by atoms with van der Waals surface area (Å²) in [5.74, 6) is 0.239. The number of aliphatic hydroxyl groups excluding tert-OH is 1. The van der Waals surface area contributed by atoms with Gasteiger partial charge in [-0.15, -0.1) is 0 Å². The number of halogens is 1. The largest absolute Gasteiger partial charge is 0.493 e. The van der Waals surface area contributed by atoms with Crippen LogP contribution in [-0.4, -0.2) is 24.9 Å². The summed E-state index contributed by atoms with van der Waals surface area (Å²) < 4.78 is 18.6. The molecule has 0 saturated heterocycles. The van der Waals surface area contributed by atoms with Gasteiger partial charge < -0.3 is 15.2 Å². The molecule has 4 heteroatoms. The van der Waals surface area contributed by atoms with Crippen LogP contribution in [0, 0.1) is 5.82 Å². The van der Waals surface area contributed by atoms with E-state index in [1.807, 2.05) is 13.8 Å². The number of ether oxygens (including phenoxy) is 1. The predicted octanol–water partition coefficient (Wildman–Crippen LogP) is 2.26. The lowest BCUT2D eigenvalue weighted by Crippen LogP contribution is -2.18. The van der Waals surface area contributed by atoms with Crippen LogP contribution in [0.5, 0.6) is 5.75 Å². The lowest BCUT2D eigenvalue weighted by molar-refractivity contribution is 0.231. The molecule has 0 amide bonds. The second-order valence-electron chi connectivity index (χ2n) is 3.89. The molecule has 2 N–H and O–H groups in total. The molecule has 0 aliphatic rings. The van der Waals surface area contributed by atoms with Crippen molar-refractivity contribution in [1.82, 2.24) is 5.32 Å². The second kappa shape index (κ2) is 7.25. The molecule has 0 fully saturated rings. The fourth-order valence-electron chi connectivity index (χ4n) is 1.65. The standard InChI is InChI=1S/C13H20FNO2/c1-3-15-10(2)12-6-5-11(14)9-13(12)17-8-4-7-16/h5-6,9-10,15-16H,3-4,7-8H2,1-2H3. The molecule has 0 aliphatic carbocycles. The van der Waals surface area contributed by atoms with E-state index in [0.717, 1.165) is 12.1 Å². The van der Waals surface area contributed by atoms with Crippen molar-refractivity contribution in [1.29, 1.82) is 0 Å². The molecule has 17 heavy (non-hydrogen) atoms. The number of nitrogens with one attached hydrogen (secondary N) is 1. The first-order valence-electron chi connectivity index (χ1n) is 5.95. The molecule has 0 aromatic heterocycles. The van der Waals surface area contributed by atoms with Crippen LogP contribution in [0.3, 0.4) is 0 Å². The van der Waals surface area contributed by atoms with Crippen LogP contribution in [0.4, 0.5) is 4.39 Å². The molecule has 1 unspecified atom stereocenters. The first kappa shape index (κ1) is 13.9. The van der Waals surface area contributed by atoms with Gasteiger partial charge in [0, 0.05) is 30.7 Å². The van der Waals surface area contributed by atoms with Crippen LogP contribution in [0.25, 0.3) is 0 Å². The van der Waals surface area contributed by atoms with E-state index in [9.17, 15) is 4.39 Å². The Bertz CT molecular complexity index is 344. The zero-order chi connectivity index (χ0) is 12.7. The molecular formula is C13H20FNO2. The van der Waals surface area contributed by atoms with E-state index in [4.69, 9.17) is 9.84 Å². The topological polar surface area (TPSA) is 41.5 Å². The Morgan fingerprint density at radius 3 is 2.88 bits per heavy atom. The molecule has 0 spiro atoms. The Morgan fingerprint density at radius 2 is 2.24 bits per heavy atom. The number of hydrogen-bond acceptors (Lipinski definition) is 3. The highest BCUT2D eigenvalue weighted by Gasteiger charge is 2.11. The minimum atomic E-state index is -0.309. The van der Waals surface area contributed by atoms with Gasteiger partial charge in [-0.05, 0) is 19.5 Å². The predicted molar refractivity (Wildman–Crippen MR) is 65.7 cm³/mol. The van der Waals surface area contributed by atoms with Gasteiger partial charge in [-0.1, -0.05) is 13.0 Å². The van der Waals surface area contributed by atoms with Gasteiger partial charge in [0.25, 0.3) is 0 Å². The van der Waals surface area contributed by atoms with Crippen LogP contribution in [0.15, 0.2) is 18.2 Å². The summed E-state index contributed by atoms with van der Waals surface area (Å²) in [7, 11) is 0. The van der Waals surface area contributed by atoms with Gasteiger partial charge in [0.2, 0.25) is 0 Å². The Balaban J connectivity index is 2.79. The maximum atomic E-state index is 13.2. The summed E-state index contributed by atoms with van der Waals surface area (Å²) in [5, 5.41) is 12.0. The van der Waals surface area contributed by atoms with E-state index in [0.29, 0.717) is 18.8 Å². The third kappa shape index (κ3) is 4.32. The number of benzene rings is 1. The molecule has 0 radical (unpaired) electrons. The molecule has 0 heterocycles. The van der Waals surface area contributed by atoms with E-state index >= 15 is 0 Å². The first-order chi connectivity index (χ1) is 8.19. The summed E-state index contributed by atoms with van der Waals surface area (Å²) in [5.41, 5.74) is 0.936. The first-order valence-corrected chi connectivity index (χ1v) is 5.95. The van der Waals surface area contributed by atoms with Crippen molar-refractivity contribution in [3.8, 4) is 5.75 Å². The van der Waals surface area contributed by atoms with Gasteiger partial charge in [0.15, 0.2) is 0 Å². The highest BCUT2D eigenvalue weighted by atomic mass is 19.1. The van der Waals surface area contributed by atoms with Crippen LogP contribution < -0.4 is 10.1 Å². The summed E-state index contributed by atoms with van der Waals surface area (Å²) in [6.45, 7) is 5.34. The number of rotatable bonds is 7. The zero-order valence-electron chi connectivity index (χ0n) is 10.4. The van der Waals surface area contributed by atoms with Crippen LogP contribution in [-0.2, 0) is 0 Å². The van der Waals surface area contributed by atoms with Crippen molar-refractivity contribution in [3.05, 3.63) is 29.6 Å². The summed E-state index contributed by atoms with van der Waals surface area (Å²) in [6, 6.07) is 4.67. The lowest BCUT2D eigenvalue weighted by Gasteiger charge is -2.17. The summed E-state index contributed by atoms with van der Waals surface area (Å²) >= 11 is 0. The maximum Gasteiger partial charge on any atom is 0.126 e. The molecule has 3 nitrogen and oxygen atoms in total. The smallest absolute Gasteiger partial charge is 0.126 e. The van der Waals surface area contributed by atoms with Crippen molar-refractivity contribution in [2.24, 2.45) is 0 Å². The second-order valence-corrected chi connectivity index (χ2v) is 3.89. The molecule has 0 aliphatic heterocycles. The third-order valence-electron chi connectivity index (χ3n) is 2.51. The molecule has 1 aromatic rings. The fraction of sp³-hybridized carbons (Fsp3) is 0.538. The minimum absolute atomic E-state index is 0.0768. The highest BCUT2D eigenvalue weighted by Crippen LogP contribution is 2.26. The normalized spacial score (nSPS) is 12.5. The van der Waals surface area contributed by atoms with Crippen LogP contribution >= 0.6 is 0 Å². The van der Waals surface area contributed by atoms with E-state index in [-0.39, 0.29) is 18.5 Å². The van der Waals surface area contributed by atoms with Gasteiger partial charge in [-0.2, -0.15) is 0 Å². The Kier molecular flexibility index (Phi) is 5.94. The summed E-state index contributed by atoms with van der Waals surface area (Å²) in [6.07, 6.45) is 0.547. The highest BCUT2D eigenvalue weighted by molar-refractivity contribution is 5.36. The van der Waals surface area contributed by atoms with Gasteiger partial charge >= 0.3 is 0 Å². The van der Waals surface area contributed by atoms with Crippen LogP contribution in [0.2, 0.25) is 0 Å². The van der Waals surface area contributed by atoms with Crippen molar-refractivity contribution < 1.29 is 14.2 Å². The fourth-order valence-corrected chi connectivity index (χ4v) is 1.65. The van der Waals surface area contributed by atoms with E-state index in [1.54, 1.807) is 6.07 Å². The molecule has 1 atom stereocenters. The Hall–Kier alpha value is -1.13. The third-order valence-corrected chi connectivity index (χ3v) is 2.51. The summed E-state index contributed by atoms with van der Waals surface area (Å²) in [4.78, 5) is 0. The molecular weight excluding hydrogens is 221 g/mol. The quantitative estimate of drug-likeness (QED) is 0.719. The van der Waals surface area contributed by atoms with E-state index in [2.05, 4.69) is 5.32 Å². The minimum Gasteiger partial charge on any atom is -0.493 e. The van der Waals surface area contributed by atoms with Crippen molar-refractivity contribution in [2.45, 2.75) is 26.3 Å².